The van der Waals surface area contributed by atoms with Gasteiger partial charge in [0.1, 0.15) is 0 Å². The van der Waals surface area contributed by atoms with Crippen molar-refractivity contribution in [2.75, 3.05) is 13.6 Å². The summed E-state index contributed by atoms with van der Waals surface area (Å²) < 4.78 is 38.4. The van der Waals surface area contributed by atoms with E-state index in [1.807, 2.05) is 6.92 Å². The van der Waals surface area contributed by atoms with Crippen LogP contribution < -0.4 is 0 Å². The van der Waals surface area contributed by atoms with Crippen molar-refractivity contribution in [2.45, 2.75) is 13.3 Å². The number of halogens is 3. The molecule has 0 spiro atoms. The first-order chi connectivity index (χ1) is 7.47. The number of carbonyl (C=O) groups excluding carboxylic acids is 1. The van der Waals surface area contributed by atoms with Gasteiger partial charge in [0.05, 0.1) is 0 Å². The summed E-state index contributed by atoms with van der Waals surface area (Å²) in [5.74, 6) is -4.80. The number of amides is 1. The van der Waals surface area contributed by atoms with Crippen LogP contribution in [0.4, 0.5) is 13.2 Å². The van der Waals surface area contributed by atoms with Gasteiger partial charge in [0.2, 0.25) is 0 Å². The Labute approximate surface area is 91.7 Å². The van der Waals surface area contributed by atoms with Crippen LogP contribution in [0.1, 0.15) is 23.7 Å². The van der Waals surface area contributed by atoms with E-state index in [0.29, 0.717) is 18.7 Å². The van der Waals surface area contributed by atoms with Crippen molar-refractivity contribution in [3.05, 3.63) is 35.1 Å². The fraction of sp³-hybridized carbons (Fsp3) is 0.364. The number of benzene rings is 1. The van der Waals surface area contributed by atoms with Crippen molar-refractivity contribution >= 4 is 5.91 Å². The van der Waals surface area contributed by atoms with Crippen LogP contribution in [0.2, 0.25) is 0 Å². The zero-order chi connectivity index (χ0) is 12.3. The molecule has 0 saturated heterocycles. The molecule has 1 amide bonds. The number of hydrogen-bond donors (Lipinski definition) is 0. The zero-order valence-electron chi connectivity index (χ0n) is 9.06. The van der Waals surface area contributed by atoms with Crippen LogP contribution in [0.15, 0.2) is 12.1 Å². The SMILES string of the molecule is CCCN(C)C(=O)c1cc(F)c(F)c(F)c1. The van der Waals surface area contributed by atoms with Crippen molar-refractivity contribution in [2.24, 2.45) is 0 Å². The zero-order valence-corrected chi connectivity index (χ0v) is 9.06. The van der Waals surface area contributed by atoms with Crippen LogP contribution in [0.5, 0.6) is 0 Å². The topological polar surface area (TPSA) is 20.3 Å². The summed E-state index contributed by atoms with van der Waals surface area (Å²) in [5.41, 5.74) is -0.188. The van der Waals surface area contributed by atoms with Gasteiger partial charge in [-0.05, 0) is 18.6 Å². The highest BCUT2D eigenvalue weighted by Gasteiger charge is 2.17. The first kappa shape index (κ1) is 12.5. The van der Waals surface area contributed by atoms with Crippen molar-refractivity contribution in [1.82, 2.24) is 4.90 Å². The van der Waals surface area contributed by atoms with Crippen LogP contribution >= 0.6 is 0 Å². The van der Waals surface area contributed by atoms with Gasteiger partial charge >= 0.3 is 0 Å². The van der Waals surface area contributed by atoms with E-state index in [0.717, 1.165) is 6.42 Å². The summed E-state index contributed by atoms with van der Waals surface area (Å²) in [6, 6.07) is 1.40. The molecule has 0 bridgehead atoms. The lowest BCUT2D eigenvalue weighted by Crippen LogP contribution is -2.27. The van der Waals surface area contributed by atoms with E-state index in [-0.39, 0.29) is 5.56 Å². The standard InChI is InChI=1S/C11H12F3NO/c1-3-4-15(2)11(16)7-5-8(12)10(14)9(13)6-7/h5-6H,3-4H2,1-2H3. The second-order valence-corrected chi connectivity index (χ2v) is 3.48. The number of nitrogens with zero attached hydrogens (tertiary/aromatic N) is 1. The van der Waals surface area contributed by atoms with E-state index in [1.54, 1.807) is 0 Å². The molecule has 2 nitrogen and oxygen atoms in total. The second kappa shape index (κ2) is 5.01. The summed E-state index contributed by atoms with van der Waals surface area (Å²) in [6.07, 6.45) is 0.731. The highest BCUT2D eigenvalue weighted by molar-refractivity contribution is 5.94. The molecule has 1 aromatic carbocycles. The Morgan fingerprint density at radius 2 is 1.75 bits per heavy atom. The monoisotopic (exact) mass is 231 g/mol. The highest BCUT2D eigenvalue weighted by atomic mass is 19.2. The van der Waals surface area contributed by atoms with E-state index in [2.05, 4.69) is 0 Å². The van der Waals surface area contributed by atoms with Gasteiger partial charge in [-0.3, -0.25) is 4.79 Å². The lowest BCUT2D eigenvalue weighted by molar-refractivity contribution is 0.0794. The fourth-order valence-corrected chi connectivity index (χ4v) is 1.34. The summed E-state index contributed by atoms with van der Waals surface area (Å²) in [4.78, 5) is 12.9. The lowest BCUT2D eigenvalue weighted by atomic mass is 10.2. The molecule has 0 fully saturated rings. The minimum atomic E-state index is -1.56. The van der Waals surface area contributed by atoms with Crippen LogP contribution in [-0.2, 0) is 0 Å². The third-order valence-corrected chi connectivity index (χ3v) is 2.14. The smallest absolute Gasteiger partial charge is 0.253 e. The van der Waals surface area contributed by atoms with Crippen molar-refractivity contribution < 1.29 is 18.0 Å². The number of hydrogen-bond acceptors (Lipinski definition) is 1. The third-order valence-electron chi connectivity index (χ3n) is 2.14. The molecule has 0 aliphatic carbocycles. The molecule has 88 valence electrons. The van der Waals surface area contributed by atoms with Crippen molar-refractivity contribution in [1.29, 1.82) is 0 Å². The maximum Gasteiger partial charge on any atom is 0.253 e. The molecule has 0 radical (unpaired) electrons. The average molecular weight is 231 g/mol. The first-order valence-electron chi connectivity index (χ1n) is 4.87. The molecule has 0 atom stereocenters. The average Bonchev–Trinajstić information content (AvgIpc) is 2.24. The molecule has 0 N–H and O–H groups in total. The number of carbonyl (C=O) groups is 1. The van der Waals surface area contributed by atoms with Gasteiger partial charge in [0.25, 0.3) is 5.91 Å². The van der Waals surface area contributed by atoms with E-state index in [4.69, 9.17) is 0 Å². The van der Waals surface area contributed by atoms with Crippen LogP contribution in [0.25, 0.3) is 0 Å². The Bertz CT molecular complexity index is 383. The summed E-state index contributed by atoms with van der Waals surface area (Å²) in [5, 5.41) is 0. The molecule has 1 aromatic rings. The quantitative estimate of drug-likeness (QED) is 0.732. The van der Waals surface area contributed by atoms with E-state index in [1.165, 1.54) is 11.9 Å². The van der Waals surface area contributed by atoms with Crippen LogP contribution in [0, 0.1) is 17.5 Å². The number of rotatable bonds is 3. The largest absolute Gasteiger partial charge is 0.342 e. The normalized spacial score (nSPS) is 10.3. The molecule has 0 aliphatic heterocycles. The minimum Gasteiger partial charge on any atom is -0.342 e. The van der Waals surface area contributed by atoms with Crippen molar-refractivity contribution in [3.8, 4) is 0 Å². The van der Waals surface area contributed by atoms with Crippen LogP contribution in [0.3, 0.4) is 0 Å². The Hall–Kier alpha value is -1.52. The van der Waals surface area contributed by atoms with E-state index in [9.17, 15) is 18.0 Å². The maximum atomic E-state index is 12.9. The molecule has 0 unspecified atom stereocenters. The second-order valence-electron chi connectivity index (χ2n) is 3.48. The Morgan fingerprint density at radius 3 is 2.19 bits per heavy atom. The molecule has 0 aromatic heterocycles. The van der Waals surface area contributed by atoms with E-state index < -0.39 is 23.4 Å². The molecular weight excluding hydrogens is 219 g/mol. The molecule has 1 rings (SSSR count). The Balaban J connectivity index is 3.01. The van der Waals surface area contributed by atoms with Crippen molar-refractivity contribution in [3.63, 3.8) is 0 Å². The third kappa shape index (κ3) is 2.53. The van der Waals surface area contributed by atoms with Crippen LogP contribution in [-0.4, -0.2) is 24.4 Å². The van der Waals surface area contributed by atoms with Gasteiger partial charge < -0.3 is 4.90 Å². The summed E-state index contributed by atoms with van der Waals surface area (Å²) in [7, 11) is 1.52. The molecule has 0 heterocycles. The van der Waals surface area contributed by atoms with Gasteiger partial charge in [0.15, 0.2) is 17.5 Å². The van der Waals surface area contributed by atoms with Gasteiger partial charge in [-0.2, -0.15) is 0 Å². The molecule has 16 heavy (non-hydrogen) atoms. The summed E-state index contributed by atoms with van der Waals surface area (Å²) >= 11 is 0. The predicted molar refractivity (Wildman–Crippen MR) is 53.6 cm³/mol. The van der Waals surface area contributed by atoms with Gasteiger partial charge in [0, 0.05) is 19.2 Å². The molecular formula is C11H12F3NO. The minimum absolute atomic E-state index is 0.188. The molecule has 5 heteroatoms. The van der Waals surface area contributed by atoms with Gasteiger partial charge in [-0.15, -0.1) is 0 Å². The Kier molecular flexibility index (Phi) is 3.93. The lowest BCUT2D eigenvalue weighted by Gasteiger charge is -2.16. The fourth-order valence-electron chi connectivity index (χ4n) is 1.34. The first-order valence-corrected chi connectivity index (χ1v) is 4.87. The van der Waals surface area contributed by atoms with Gasteiger partial charge in [-0.25, -0.2) is 13.2 Å². The highest BCUT2D eigenvalue weighted by Crippen LogP contribution is 2.14. The van der Waals surface area contributed by atoms with E-state index >= 15 is 0 Å². The maximum absolute atomic E-state index is 12.9. The summed E-state index contributed by atoms with van der Waals surface area (Å²) in [6.45, 7) is 2.34. The molecule has 0 aliphatic rings. The molecule has 0 saturated carbocycles. The van der Waals surface area contributed by atoms with Gasteiger partial charge in [-0.1, -0.05) is 6.92 Å². The predicted octanol–water partition coefficient (Wildman–Crippen LogP) is 2.59. The Morgan fingerprint density at radius 1 is 1.25 bits per heavy atom.